The molecule has 1 aromatic carbocycles. The quantitative estimate of drug-likeness (QED) is 0.898. The van der Waals surface area contributed by atoms with Crippen LogP contribution in [0.25, 0.3) is 11.0 Å². The zero-order valence-corrected chi connectivity index (χ0v) is 10.3. The van der Waals surface area contributed by atoms with E-state index in [2.05, 4.69) is 5.32 Å². The van der Waals surface area contributed by atoms with Crippen molar-refractivity contribution >= 4 is 11.0 Å². The molecule has 1 N–H and O–H groups in total. The van der Waals surface area contributed by atoms with Gasteiger partial charge in [0.2, 0.25) is 5.76 Å². The van der Waals surface area contributed by atoms with Crippen molar-refractivity contribution in [2.75, 3.05) is 6.54 Å². The van der Waals surface area contributed by atoms with E-state index in [1.165, 1.54) is 0 Å². The molecule has 1 unspecified atom stereocenters. The van der Waals surface area contributed by atoms with Gasteiger partial charge in [0.05, 0.1) is 0 Å². The van der Waals surface area contributed by atoms with E-state index in [1.807, 2.05) is 6.07 Å². The fourth-order valence-corrected chi connectivity index (χ4v) is 2.57. The lowest BCUT2D eigenvalue weighted by atomic mass is 10.0. The van der Waals surface area contributed by atoms with Crippen molar-refractivity contribution in [1.82, 2.24) is 5.32 Å². The van der Waals surface area contributed by atoms with Crippen LogP contribution in [0.5, 0.6) is 0 Å². The summed E-state index contributed by atoms with van der Waals surface area (Å²) in [5, 5.41) is 3.90. The number of benzene rings is 1. The van der Waals surface area contributed by atoms with Crippen molar-refractivity contribution in [3.63, 3.8) is 0 Å². The molecule has 2 nitrogen and oxygen atoms in total. The first-order chi connectivity index (χ1) is 9.02. The Hall–Kier alpha value is -1.49. The third kappa shape index (κ3) is 2.61. The van der Waals surface area contributed by atoms with E-state index in [0.717, 1.165) is 37.4 Å². The summed E-state index contributed by atoms with van der Waals surface area (Å²) in [5.74, 6) is -0.932. The highest BCUT2D eigenvalue weighted by Gasteiger charge is 2.35. The summed E-state index contributed by atoms with van der Waals surface area (Å²) in [6, 6.07) is 6.75. The third-order valence-electron chi connectivity index (χ3n) is 3.50. The molecule has 0 spiro atoms. The molecule has 1 aliphatic rings. The summed E-state index contributed by atoms with van der Waals surface area (Å²) < 4.78 is 42.5. The van der Waals surface area contributed by atoms with Crippen molar-refractivity contribution in [3.05, 3.63) is 35.6 Å². The van der Waals surface area contributed by atoms with Gasteiger partial charge in [-0.05, 0) is 49.6 Å². The summed E-state index contributed by atoms with van der Waals surface area (Å²) in [6.45, 7) is 1.02. The second-order valence-corrected chi connectivity index (χ2v) is 4.98. The number of alkyl halides is 3. The van der Waals surface area contributed by atoms with E-state index >= 15 is 0 Å². The monoisotopic (exact) mass is 269 g/mol. The zero-order chi connectivity index (χ0) is 13.5. The lowest BCUT2D eigenvalue weighted by molar-refractivity contribution is -0.152. The molecule has 1 fully saturated rings. The Morgan fingerprint density at radius 3 is 2.79 bits per heavy atom. The number of hydrogen-bond acceptors (Lipinski definition) is 2. The smallest absolute Gasteiger partial charge is 0.449 e. The van der Waals surface area contributed by atoms with Crippen LogP contribution in [0.1, 0.15) is 24.2 Å². The SMILES string of the molecule is FC(F)(F)c1cc2cc(CC3CCCN3)ccc2o1. The second kappa shape index (κ2) is 4.56. The van der Waals surface area contributed by atoms with Crippen LogP contribution in [0.3, 0.4) is 0 Å². The van der Waals surface area contributed by atoms with E-state index in [-0.39, 0.29) is 5.58 Å². The lowest BCUT2D eigenvalue weighted by Gasteiger charge is -2.09. The highest BCUT2D eigenvalue weighted by atomic mass is 19.4. The lowest BCUT2D eigenvalue weighted by Crippen LogP contribution is -2.23. The molecule has 19 heavy (non-hydrogen) atoms. The van der Waals surface area contributed by atoms with Crippen LogP contribution in [0.2, 0.25) is 0 Å². The van der Waals surface area contributed by atoms with Crippen LogP contribution in [0.15, 0.2) is 28.7 Å². The van der Waals surface area contributed by atoms with E-state index in [0.29, 0.717) is 11.4 Å². The maximum atomic E-state index is 12.6. The van der Waals surface area contributed by atoms with Crippen molar-refractivity contribution in [2.45, 2.75) is 31.5 Å². The Morgan fingerprint density at radius 1 is 1.26 bits per heavy atom. The van der Waals surface area contributed by atoms with Gasteiger partial charge in [-0.25, -0.2) is 0 Å². The minimum Gasteiger partial charge on any atom is -0.452 e. The van der Waals surface area contributed by atoms with Gasteiger partial charge >= 0.3 is 6.18 Å². The van der Waals surface area contributed by atoms with Crippen LogP contribution in [0.4, 0.5) is 13.2 Å². The Morgan fingerprint density at radius 2 is 2.11 bits per heavy atom. The first kappa shape index (κ1) is 12.5. The largest absolute Gasteiger partial charge is 0.452 e. The molecule has 102 valence electrons. The van der Waals surface area contributed by atoms with Crippen LogP contribution in [-0.2, 0) is 12.6 Å². The first-order valence-corrected chi connectivity index (χ1v) is 6.35. The van der Waals surface area contributed by atoms with Crippen LogP contribution in [-0.4, -0.2) is 12.6 Å². The molecule has 1 saturated heterocycles. The average molecular weight is 269 g/mol. The molecular formula is C14H14F3NO. The Kier molecular flexibility index (Phi) is 3.01. The number of furan rings is 1. The number of halogens is 3. The van der Waals surface area contributed by atoms with Crippen LogP contribution in [0, 0.1) is 0 Å². The van der Waals surface area contributed by atoms with Crippen molar-refractivity contribution in [3.8, 4) is 0 Å². The normalized spacial score (nSPS) is 20.3. The van der Waals surface area contributed by atoms with Gasteiger partial charge < -0.3 is 9.73 Å². The first-order valence-electron chi connectivity index (χ1n) is 6.35. The number of hydrogen-bond donors (Lipinski definition) is 1. The molecule has 5 heteroatoms. The molecule has 1 atom stereocenters. The van der Waals surface area contributed by atoms with E-state index < -0.39 is 11.9 Å². The summed E-state index contributed by atoms with van der Waals surface area (Å²) in [4.78, 5) is 0. The summed E-state index contributed by atoms with van der Waals surface area (Å²) >= 11 is 0. The number of rotatable bonds is 2. The average Bonchev–Trinajstić information content (AvgIpc) is 2.95. The Labute approximate surface area is 108 Å². The molecule has 0 aliphatic carbocycles. The van der Waals surface area contributed by atoms with Gasteiger partial charge in [-0.2, -0.15) is 13.2 Å². The molecule has 3 rings (SSSR count). The molecule has 0 bridgehead atoms. The van der Waals surface area contributed by atoms with Crippen LogP contribution < -0.4 is 5.32 Å². The third-order valence-corrected chi connectivity index (χ3v) is 3.50. The van der Waals surface area contributed by atoms with Crippen LogP contribution >= 0.6 is 0 Å². The van der Waals surface area contributed by atoms with Gasteiger partial charge in [-0.1, -0.05) is 6.07 Å². The summed E-state index contributed by atoms with van der Waals surface area (Å²) in [7, 11) is 0. The van der Waals surface area contributed by atoms with E-state index in [4.69, 9.17) is 4.42 Å². The fourth-order valence-electron chi connectivity index (χ4n) is 2.57. The fraction of sp³-hybridized carbons (Fsp3) is 0.429. The van der Waals surface area contributed by atoms with Gasteiger partial charge in [0.1, 0.15) is 5.58 Å². The number of nitrogens with one attached hydrogen (secondary N) is 1. The molecule has 0 radical (unpaired) electrons. The minimum atomic E-state index is -4.42. The molecule has 2 aromatic rings. The highest BCUT2D eigenvalue weighted by Crippen LogP contribution is 2.34. The van der Waals surface area contributed by atoms with Gasteiger partial charge in [-0.3, -0.25) is 0 Å². The topological polar surface area (TPSA) is 25.2 Å². The summed E-state index contributed by atoms with van der Waals surface area (Å²) in [5.41, 5.74) is 1.33. The molecule has 2 heterocycles. The van der Waals surface area contributed by atoms with Gasteiger partial charge in [0.15, 0.2) is 0 Å². The highest BCUT2D eigenvalue weighted by molar-refractivity contribution is 5.78. The molecule has 0 saturated carbocycles. The van der Waals surface area contributed by atoms with Gasteiger partial charge in [0, 0.05) is 11.4 Å². The minimum absolute atomic E-state index is 0.287. The Balaban J connectivity index is 1.87. The second-order valence-electron chi connectivity index (χ2n) is 4.98. The van der Waals surface area contributed by atoms with Crippen molar-refractivity contribution < 1.29 is 17.6 Å². The predicted molar refractivity (Wildman–Crippen MR) is 65.9 cm³/mol. The van der Waals surface area contributed by atoms with Gasteiger partial charge in [-0.15, -0.1) is 0 Å². The van der Waals surface area contributed by atoms with Gasteiger partial charge in [0.25, 0.3) is 0 Å². The van der Waals surface area contributed by atoms with Crippen molar-refractivity contribution in [1.29, 1.82) is 0 Å². The molecule has 1 aromatic heterocycles. The molecule has 1 aliphatic heterocycles. The maximum absolute atomic E-state index is 12.6. The molecule has 0 amide bonds. The Bertz CT molecular complexity index is 582. The predicted octanol–water partition coefficient (Wildman–Crippen LogP) is 3.75. The summed E-state index contributed by atoms with van der Waals surface area (Å²) in [6.07, 6.45) is -1.29. The maximum Gasteiger partial charge on any atom is 0.449 e. The standard InChI is InChI=1S/C14H14F3NO/c15-14(16,17)13-8-10-6-9(3-4-12(10)19-13)7-11-2-1-5-18-11/h3-4,6,8,11,18H,1-2,5,7H2. The zero-order valence-electron chi connectivity index (χ0n) is 10.3. The van der Waals surface area contributed by atoms with Crippen molar-refractivity contribution in [2.24, 2.45) is 0 Å². The van der Waals surface area contributed by atoms with E-state index in [9.17, 15) is 13.2 Å². The van der Waals surface area contributed by atoms with E-state index in [1.54, 1.807) is 12.1 Å². The number of fused-ring (bicyclic) bond motifs is 1. The molecular weight excluding hydrogens is 255 g/mol.